The van der Waals surface area contributed by atoms with Gasteiger partial charge in [-0.2, -0.15) is 0 Å². The van der Waals surface area contributed by atoms with Crippen molar-refractivity contribution < 1.29 is 28.9 Å². The van der Waals surface area contributed by atoms with Crippen LogP contribution in [0.25, 0.3) is 11.1 Å². The van der Waals surface area contributed by atoms with Crippen molar-refractivity contribution in [1.82, 2.24) is 20.0 Å². The fourth-order valence-corrected chi connectivity index (χ4v) is 4.40. The zero-order chi connectivity index (χ0) is 23.2. The number of aromatic nitrogens is 4. The molecule has 12 heteroatoms. The van der Waals surface area contributed by atoms with Crippen molar-refractivity contribution in [3.8, 4) is 16.9 Å². The van der Waals surface area contributed by atoms with E-state index in [-0.39, 0.29) is 19.2 Å². The molecule has 3 aromatic rings. The summed E-state index contributed by atoms with van der Waals surface area (Å²) in [6.45, 7) is 0.703. The quantitative estimate of drug-likeness (QED) is 0.596. The minimum Gasteiger partial charge on any atom is -0.489 e. The number of anilines is 2. The summed E-state index contributed by atoms with van der Waals surface area (Å²) in [5.41, 5.74) is 2.31. The first kappa shape index (κ1) is 20.4. The number of aliphatic hydroxyl groups is 1. The van der Waals surface area contributed by atoms with Crippen molar-refractivity contribution >= 4 is 23.7 Å². The standard InChI is InChI=1S/C22H20N6O6/c29-11-15-9-27(21(30)33-15)20-4-2-14(8-23-20)13-1-3-16-18(7-13)32-12-17-19(34-22(31)28(16)17)10-26-6-5-24-25-26/h1-8,15,17,19,29H,9-12H2/t15?,17-,19-/m0/s1. The smallest absolute Gasteiger partial charge is 0.416 e. The Labute approximate surface area is 193 Å². The zero-order valence-corrected chi connectivity index (χ0v) is 17.9. The molecule has 174 valence electrons. The molecule has 2 saturated heterocycles. The van der Waals surface area contributed by atoms with Crippen LogP contribution in [0, 0.1) is 0 Å². The molecule has 3 aliphatic heterocycles. The Balaban J connectivity index is 1.22. The van der Waals surface area contributed by atoms with Crippen LogP contribution in [-0.4, -0.2) is 75.3 Å². The lowest BCUT2D eigenvalue weighted by Crippen LogP contribution is -2.45. The molecule has 2 amide bonds. The molecule has 0 aliphatic carbocycles. The topological polar surface area (TPSA) is 132 Å². The lowest BCUT2D eigenvalue weighted by atomic mass is 10.0. The summed E-state index contributed by atoms with van der Waals surface area (Å²) in [6.07, 6.45) is 3.04. The maximum absolute atomic E-state index is 12.6. The number of carbonyl (C=O) groups is 2. The van der Waals surface area contributed by atoms with Gasteiger partial charge < -0.3 is 19.3 Å². The summed E-state index contributed by atoms with van der Waals surface area (Å²) in [5.74, 6) is 1.02. The van der Waals surface area contributed by atoms with E-state index >= 15 is 0 Å². The van der Waals surface area contributed by atoms with E-state index in [1.165, 1.54) is 4.90 Å². The molecule has 2 fully saturated rings. The predicted molar refractivity (Wildman–Crippen MR) is 116 cm³/mol. The van der Waals surface area contributed by atoms with Gasteiger partial charge in [-0.25, -0.2) is 19.3 Å². The van der Waals surface area contributed by atoms with Crippen LogP contribution in [0.5, 0.6) is 5.75 Å². The maximum Gasteiger partial charge on any atom is 0.416 e. The molecule has 0 saturated carbocycles. The van der Waals surface area contributed by atoms with Gasteiger partial charge in [-0.3, -0.25) is 9.80 Å². The van der Waals surface area contributed by atoms with Crippen molar-refractivity contribution in [3.05, 3.63) is 48.9 Å². The van der Waals surface area contributed by atoms with E-state index in [2.05, 4.69) is 15.3 Å². The van der Waals surface area contributed by atoms with Gasteiger partial charge in [0.25, 0.3) is 0 Å². The summed E-state index contributed by atoms with van der Waals surface area (Å²) in [6, 6.07) is 8.86. The summed E-state index contributed by atoms with van der Waals surface area (Å²) in [4.78, 5) is 32.0. The number of benzene rings is 1. The highest BCUT2D eigenvalue weighted by Crippen LogP contribution is 2.41. The molecule has 3 atom stereocenters. The van der Waals surface area contributed by atoms with E-state index in [9.17, 15) is 14.7 Å². The number of hydrogen-bond donors (Lipinski definition) is 1. The number of hydrogen-bond acceptors (Lipinski definition) is 9. The van der Waals surface area contributed by atoms with E-state index in [1.54, 1.807) is 34.2 Å². The summed E-state index contributed by atoms with van der Waals surface area (Å²) in [7, 11) is 0. The Bertz CT molecular complexity index is 1230. The third-order valence-electron chi connectivity index (χ3n) is 6.11. The number of amides is 2. The first-order valence-corrected chi connectivity index (χ1v) is 10.8. The van der Waals surface area contributed by atoms with Crippen molar-refractivity contribution in [1.29, 1.82) is 0 Å². The highest BCUT2D eigenvalue weighted by molar-refractivity contribution is 5.94. The lowest BCUT2D eigenvalue weighted by Gasteiger charge is -2.31. The van der Waals surface area contributed by atoms with Crippen LogP contribution >= 0.6 is 0 Å². The van der Waals surface area contributed by atoms with Gasteiger partial charge >= 0.3 is 12.2 Å². The summed E-state index contributed by atoms with van der Waals surface area (Å²) in [5, 5.41) is 16.9. The predicted octanol–water partition coefficient (Wildman–Crippen LogP) is 1.44. The Morgan fingerprint density at radius 3 is 2.71 bits per heavy atom. The Morgan fingerprint density at radius 2 is 1.97 bits per heavy atom. The number of fused-ring (bicyclic) bond motifs is 3. The average Bonchev–Trinajstić information content (AvgIpc) is 3.58. The van der Waals surface area contributed by atoms with Gasteiger partial charge in [0.1, 0.15) is 36.4 Å². The van der Waals surface area contributed by atoms with Gasteiger partial charge in [0.05, 0.1) is 31.6 Å². The number of ether oxygens (including phenoxy) is 3. The van der Waals surface area contributed by atoms with Gasteiger partial charge in [-0.1, -0.05) is 11.3 Å². The van der Waals surface area contributed by atoms with Crippen LogP contribution in [0.15, 0.2) is 48.9 Å². The Morgan fingerprint density at radius 1 is 1.09 bits per heavy atom. The molecule has 1 N–H and O–H groups in total. The second-order valence-electron chi connectivity index (χ2n) is 8.18. The van der Waals surface area contributed by atoms with Crippen LogP contribution < -0.4 is 14.5 Å². The third kappa shape index (κ3) is 3.39. The van der Waals surface area contributed by atoms with Gasteiger partial charge in [0.15, 0.2) is 0 Å². The minimum absolute atomic E-state index is 0.234. The van der Waals surface area contributed by atoms with Crippen molar-refractivity contribution in [2.24, 2.45) is 0 Å². The second-order valence-corrected chi connectivity index (χ2v) is 8.18. The monoisotopic (exact) mass is 464 g/mol. The largest absolute Gasteiger partial charge is 0.489 e. The van der Waals surface area contributed by atoms with E-state index in [4.69, 9.17) is 14.2 Å². The Hall–Kier alpha value is -4.19. The van der Waals surface area contributed by atoms with E-state index in [0.29, 0.717) is 30.4 Å². The molecule has 0 radical (unpaired) electrons. The third-order valence-corrected chi connectivity index (χ3v) is 6.11. The number of carbonyl (C=O) groups excluding carboxylic acids is 2. The van der Waals surface area contributed by atoms with Crippen LogP contribution in [0.2, 0.25) is 0 Å². The molecule has 0 bridgehead atoms. The van der Waals surface area contributed by atoms with Crippen LogP contribution in [0.4, 0.5) is 21.1 Å². The SMILES string of the molecule is O=C1OC(CO)CN1c1ccc(-c2ccc3c(c2)OC[C@H]2[C@H](Cn4ccnn4)OC(=O)N32)cn1. The molecular formula is C22H20N6O6. The molecule has 1 aromatic carbocycles. The van der Waals surface area contributed by atoms with E-state index in [0.717, 1.165) is 11.1 Å². The Kier molecular flexibility index (Phi) is 4.80. The number of pyridine rings is 1. The first-order chi connectivity index (χ1) is 16.6. The van der Waals surface area contributed by atoms with E-state index < -0.39 is 24.4 Å². The maximum atomic E-state index is 12.6. The number of rotatable bonds is 5. The molecule has 3 aliphatic rings. The molecule has 34 heavy (non-hydrogen) atoms. The number of aliphatic hydroxyl groups excluding tert-OH is 1. The fraction of sp³-hybridized carbons (Fsp3) is 0.318. The van der Waals surface area contributed by atoms with Crippen LogP contribution in [-0.2, 0) is 16.0 Å². The molecule has 5 heterocycles. The second kappa shape index (κ2) is 7.99. The van der Waals surface area contributed by atoms with Gasteiger partial charge in [0, 0.05) is 18.0 Å². The van der Waals surface area contributed by atoms with Crippen molar-refractivity contribution in [2.75, 3.05) is 29.6 Å². The van der Waals surface area contributed by atoms with E-state index in [1.807, 2.05) is 24.3 Å². The lowest BCUT2D eigenvalue weighted by molar-refractivity contribution is 0.0963. The molecule has 1 unspecified atom stereocenters. The highest BCUT2D eigenvalue weighted by atomic mass is 16.6. The molecule has 6 rings (SSSR count). The summed E-state index contributed by atoms with van der Waals surface area (Å²) < 4.78 is 18.3. The first-order valence-electron chi connectivity index (χ1n) is 10.8. The zero-order valence-electron chi connectivity index (χ0n) is 17.9. The number of nitrogens with zero attached hydrogens (tertiary/aromatic N) is 6. The molecule has 0 spiro atoms. The van der Waals surface area contributed by atoms with Crippen molar-refractivity contribution in [2.45, 2.75) is 24.8 Å². The average molecular weight is 464 g/mol. The number of cyclic esters (lactones) is 2. The van der Waals surface area contributed by atoms with Gasteiger partial charge in [-0.15, -0.1) is 5.10 Å². The summed E-state index contributed by atoms with van der Waals surface area (Å²) >= 11 is 0. The van der Waals surface area contributed by atoms with Gasteiger partial charge in [-0.05, 0) is 29.8 Å². The molecule has 2 aromatic heterocycles. The fourth-order valence-electron chi connectivity index (χ4n) is 4.40. The molecule has 12 nitrogen and oxygen atoms in total. The highest BCUT2D eigenvalue weighted by Gasteiger charge is 2.46. The normalized spacial score (nSPS) is 23.3. The van der Waals surface area contributed by atoms with Crippen LogP contribution in [0.3, 0.4) is 0 Å². The molecular weight excluding hydrogens is 444 g/mol. The van der Waals surface area contributed by atoms with Gasteiger partial charge in [0.2, 0.25) is 0 Å². The minimum atomic E-state index is -0.552. The van der Waals surface area contributed by atoms with Crippen molar-refractivity contribution in [3.63, 3.8) is 0 Å². The van der Waals surface area contributed by atoms with Crippen LogP contribution in [0.1, 0.15) is 0 Å².